The normalized spacial score (nSPS) is 21.1. The third kappa shape index (κ3) is 7.19. The van der Waals surface area contributed by atoms with Crippen molar-refractivity contribution in [1.82, 2.24) is 14.9 Å². The minimum atomic E-state index is -4.20. The van der Waals surface area contributed by atoms with Gasteiger partial charge in [0, 0.05) is 56.1 Å². The summed E-state index contributed by atoms with van der Waals surface area (Å²) in [4.78, 5) is 25.6. The maximum absolute atomic E-state index is 15.1. The minimum absolute atomic E-state index is 0.0374. The van der Waals surface area contributed by atoms with Crippen molar-refractivity contribution in [2.24, 2.45) is 17.8 Å². The fraction of sp³-hybridized carbons (Fsp3) is 0.581. The fourth-order valence-electron chi connectivity index (χ4n) is 6.04. The van der Waals surface area contributed by atoms with E-state index in [1.807, 2.05) is 18.5 Å². The third-order valence-corrected chi connectivity index (χ3v) is 8.80. The van der Waals surface area contributed by atoms with E-state index >= 15 is 4.39 Å². The smallest absolute Gasteiger partial charge is 0.391 e. The van der Waals surface area contributed by atoms with E-state index in [0.29, 0.717) is 43.1 Å². The zero-order valence-corrected chi connectivity index (χ0v) is 23.5. The second-order valence-electron chi connectivity index (χ2n) is 11.5. The number of nitrogens with zero attached hydrogens (tertiary/aromatic N) is 4. The van der Waals surface area contributed by atoms with Crippen LogP contribution < -0.4 is 9.64 Å². The molecule has 5 rings (SSSR count). The summed E-state index contributed by atoms with van der Waals surface area (Å²) in [7, 11) is 0. The zero-order chi connectivity index (χ0) is 29.0. The summed E-state index contributed by atoms with van der Waals surface area (Å²) in [5.74, 6) is -0.389. The molecule has 1 atom stereocenters. The molecular formula is C31H38F4N4O2. The molecule has 2 aromatic rings. The molecule has 10 heteroatoms. The maximum atomic E-state index is 15.1. The highest BCUT2D eigenvalue weighted by Crippen LogP contribution is 2.37. The van der Waals surface area contributed by atoms with Gasteiger partial charge in [0.05, 0.1) is 12.5 Å². The number of amides is 1. The molecule has 0 spiro atoms. The molecule has 222 valence electrons. The molecule has 3 heterocycles. The van der Waals surface area contributed by atoms with Crippen molar-refractivity contribution in [3.63, 3.8) is 0 Å². The largest absolute Gasteiger partial charge is 0.493 e. The predicted octanol–water partition coefficient (Wildman–Crippen LogP) is 6.46. The number of carbonyl (C=O) groups excluding carboxylic acids is 1. The quantitative estimate of drug-likeness (QED) is 0.356. The van der Waals surface area contributed by atoms with E-state index in [1.54, 1.807) is 17.0 Å². The molecule has 2 fully saturated rings. The van der Waals surface area contributed by atoms with Crippen LogP contribution in [0.4, 0.5) is 23.5 Å². The Hall–Kier alpha value is -3.17. The Bertz CT molecular complexity index is 1220. The summed E-state index contributed by atoms with van der Waals surface area (Å²) in [5.41, 5.74) is 2.49. The highest BCUT2D eigenvalue weighted by atomic mass is 19.4. The van der Waals surface area contributed by atoms with Gasteiger partial charge < -0.3 is 14.5 Å². The Morgan fingerprint density at radius 2 is 1.73 bits per heavy atom. The highest BCUT2D eigenvalue weighted by molar-refractivity contribution is 5.81. The first kappa shape index (κ1) is 29.3. The number of aromatic nitrogens is 2. The van der Waals surface area contributed by atoms with Crippen LogP contribution in [0.3, 0.4) is 0 Å². The van der Waals surface area contributed by atoms with Gasteiger partial charge in [-0.05, 0) is 80.6 Å². The molecule has 1 amide bonds. The number of alkyl halides is 3. The predicted molar refractivity (Wildman–Crippen MR) is 149 cm³/mol. The number of allylic oxidation sites excluding steroid dienone is 2. The van der Waals surface area contributed by atoms with Crippen molar-refractivity contribution in [3.05, 3.63) is 53.6 Å². The second kappa shape index (κ2) is 12.8. The molecule has 2 saturated heterocycles. The van der Waals surface area contributed by atoms with Crippen LogP contribution >= 0.6 is 0 Å². The molecule has 0 N–H and O–H groups in total. The Morgan fingerprint density at radius 1 is 1.02 bits per heavy atom. The highest BCUT2D eigenvalue weighted by Gasteiger charge is 2.42. The first-order valence-electron chi connectivity index (χ1n) is 14.7. The van der Waals surface area contributed by atoms with Crippen molar-refractivity contribution in [1.29, 1.82) is 0 Å². The number of benzene rings is 1. The molecule has 1 aliphatic carbocycles. The van der Waals surface area contributed by atoms with E-state index < -0.39 is 12.1 Å². The summed E-state index contributed by atoms with van der Waals surface area (Å²) in [5, 5.41) is 0. The molecule has 3 aliphatic rings. The number of hydrogen-bond donors (Lipinski definition) is 0. The average Bonchev–Trinajstić information content (AvgIpc) is 3.00. The van der Waals surface area contributed by atoms with Crippen LogP contribution in [0.2, 0.25) is 0 Å². The summed E-state index contributed by atoms with van der Waals surface area (Å²) in [6.45, 7) is 4.61. The Morgan fingerprint density at radius 3 is 2.32 bits per heavy atom. The van der Waals surface area contributed by atoms with Crippen molar-refractivity contribution in [2.75, 3.05) is 37.7 Å². The van der Waals surface area contributed by atoms with Crippen LogP contribution in [0.1, 0.15) is 63.0 Å². The van der Waals surface area contributed by atoms with Crippen LogP contribution in [0.25, 0.3) is 5.57 Å². The van der Waals surface area contributed by atoms with E-state index in [4.69, 9.17) is 4.74 Å². The molecule has 41 heavy (non-hydrogen) atoms. The van der Waals surface area contributed by atoms with Gasteiger partial charge in [0.1, 0.15) is 11.6 Å². The lowest BCUT2D eigenvalue weighted by Crippen LogP contribution is -2.44. The van der Waals surface area contributed by atoms with Gasteiger partial charge in [-0.1, -0.05) is 13.0 Å². The lowest BCUT2D eigenvalue weighted by Gasteiger charge is -2.35. The number of halogens is 4. The van der Waals surface area contributed by atoms with Crippen molar-refractivity contribution in [3.8, 4) is 5.75 Å². The minimum Gasteiger partial charge on any atom is -0.493 e. The van der Waals surface area contributed by atoms with E-state index in [9.17, 15) is 18.0 Å². The van der Waals surface area contributed by atoms with Gasteiger partial charge in [-0.15, -0.1) is 0 Å². The van der Waals surface area contributed by atoms with E-state index in [0.717, 1.165) is 49.4 Å². The fourth-order valence-corrected chi connectivity index (χ4v) is 6.04. The molecule has 0 bridgehead atoms. The van der Waals surface area contributed by atoms with Crippen LogP contribution in [-0.2, 0) is 11.2 Å². The van der Waals surface area contributed by atoms with Gasteiger partial charge in [-0.2, -0.15) is 13.2 Å². The molecule has 0 saturated carbocycles. The van der Waals surface area contributed by atoms with Crippen LogP contribution in [0, 0.1) is 23.6 Å². The lowest BCUT2D eigenvalue weighted by atomic mass is 9.85. The standard InChI is InChI=1S/C31H38F4N4O2/c1-2-21-18-36-30(37-19-21)39-13-9-22(10-14-39)20-41-26-7-8-27(28(32)17-26)23-3-5-24(6-4-23)29(40)38-15-11-25(12-16-38)31(33,34)35/h3,7-8,17-19,22,24-25H,2,4-6,9-16,20H2,1H3. The molecule has 6 nitrogen and oxygen atoms in total. The first-order valence-corrected chi connectivity index (χ1v) is 14.7. The number of likely N-dealkylation sites (tertiary alicyclic amines) is 1. The van der Waals surface area contributed by atoms with Crippen LogP contribution in [0.5, 0.6) is 5.75 Å². The second-order valence-corrected chi connectivity index (χ2v) is 11.5. The first-order chi connectivity index (χ1) is 19.7. The van der Waals surface area contributed by atoms with Gasteiger partial charge in [0.15, 0.2) is 0 Å². The SMILES string of the molecule is CCc1cnc(N2CCC(COc3ccc(C4=CCC(C(=O)N5CCC(C(F)(F)F)CC5)CC4)c(F)c3)CC2)nc1. The molecule has 1 aromatic carbocycles. The van der Waals surface area contributed by atoms with Crippen molar-refractivity contribution < 1.29 is 27.1 Å². The number of aryl methyl sites for hydroxylation is 1. The van der Waals surface area contributed by atoms with Crippen LogP contribution in [-0.4, -0.2) is 59.7 Å². The van der Waals surface area contributed by atoms with Gasteiger partial charge in [0.25, 0.3) is 0 Å². The number of ether oxygens (including phenoxy) is 1. The lowest BCUT2D eigenvalue weighted by molar-refractivity contribution is -0.187. The number of anilines is 1. The maximum Gasteiger partial charge on any atom is 0.391 e. The van der Waals surface area contributed by atoms with Gasteiger partial charge in [-0.3, -0.25) is 4.79 Å². The average molecular weight is 575 g/mol. The number of rotatable bonds is 7. The zero-order valence-electron chi connectivity index (χ0n) is 23.5. The Balaban J connectivity index is 1.08. The molecule has 2 aliphatic heterocycles. The molecule has 1 unspecified atom stereocenters. The number of piperidine rings is 2. The third-order valence-electron chi connectivity index (χ3n) is 8.80. The van der Waals surface area contributed by atoms with Crippen molar-refractivity contribution >= 4 is 17.4 Å². The topological polar surface area (TPSA) is 58.6 Å². The number of carbonyl (C=O) groups is 1. The van der Waals surface area contributed by atoms with E-state index in [-0.39, 0.29) is 43.6 Å². The van der Waals surface area contributed by atoms with E-state index in [2.05, 4.69) is 21.8 Å². The molecular weight excluding hydrogens is 536 g/mol. The van der Waals surface area contributed by atoms with Crippen LogP contribution in [0.15, 0.2) is 36.7 Å². The summed E-state index contributed by atoms with van der Waals surface area (Å²) in [6, 6.07) is 4.95. The van der Waals surface area contributed by atoms with Crippen molar-refractivity contribution in [2.45, 2.75) is 64.5 Å². The van der Waals surface area contributed by atoms with Gasteiger partial charge in [0.2, 0.25) is 11.9 Å². The Kier molecular flexibility index (Phi) is 9.14. The monoisotopic (exact) mass is 574 g/mol. The van der Waals surface area contributed by atoms with E-state index in [1.165, 1.54) is 6.07 Å². The molecule has 0 radical (unpaired) electrons. The summed E-state index contributed by atoms with van der Waals surface area (Å²) >= 11 is 0. The Labute approximate surface area is 238 Å². The molecule has 1 aromatic heterocycles. The van der Waals surface area contributed by atoms with Gasteiger partial charge >= 0.3 is 6.18 Å². The summed E-state index contributed by atoms with van der Waals surface area (Å²) in [6.07, 6.45) is 5.79. The summed E-state index contributed by atoms with van der Waals surface area (Å²) < 4.78 is 59.9. The number of hydrogen-bond acceptors (Lipinski definition) is 5. The van der Waals surface area contributed by atoms with Gasteiger partial charge in [-0.25, -0.2) is 14.4 Å².